The van der Waals surface area contributed by atoms with Gasteiger partial charge in [-0.25, -0.2) is 4.57 Å². The van der Waals surface area contributed by atoms with Gasteiger partial charge in [0.2, 0.25) is 0 Å². The van der Waals surface area contributed by atoms with E-state index >= 15 is 0 Å². The van der Waals surface area contributed by atoms with Crippen LogP contribution in [0.1, 0.15) is 76.8 Å². The predicted octanol–water partition coefficient (Wildman–Crippen LogP) is 2.21. The van der Waals surface area contributed by atoms with Gasteiger partial charge in [-0.3, -0.25) is 0 Å². The lowest BCUT2D eigenvalue weighted by molar-refractivity contribution is -0.703. The Morgan fingerprint density at radius 3 is 1.90 bits per heavy atom. The van der Waals surface area contributed by atoms with Gasteiger partial charge in [0.05, 0.1) is 0 Å². The Bertz CT molecular complexity index is 325. The maximum atomic E-state index is 2.37. The highest BCUT2D eigenvalue weighted by Gasteiger charge is 2.02. The van der Waals surface area contributed by atoms with Crippen LogP contribution in [0.25, 0.3) is 0 Å². The number of hydrogen-bond donors (Lipinski definition) is 0. The number of nitrogens with zero attached hydrogens (tertiary/aromatic N) is 1. The molecule has 0 saturated heterocycles. The highest BCUT2D eigenvalue weighted by Crippen LogP contribution is 2.10. The number of unbranched alkanes of at least 4 members (excludes halogenated alkanes) is 9. The van der Waals surface area contributed by atoms with E-state index < -0.39 is 0 Å². The molecule has 0 aliphatic heterocycles. The van der Waals surface area contributed by atoms with E-state index in [-0.39, 0.29) is 24.0 Å². The average molecular weight is 389 g/mol. The normalized spacial score (nSPS) is 10.3. The van der Waals surface area contributed by atoms with Crippen molar-refractivity contribution in [3.8, 4) is 0 Å². The van der Waals surface area contributed by atoms with Crippen LogP contribution in [0.15, 0.2) is 24.4 Å². The topological polar surface area (TPSA) is 3.88 Å². The molecule has 1 aromatic rings. The first-order valence-corrected chi connectivity index (χ1v) is 8.29. The summed E-state index contributed by atoms with van der Waals surface area (Å²) >= 11 is 0. The molecule has 0 bridgehead atoms. The van der Waals surface area contributed by atoms with E-state index in [1.165, 1.54) is 76.4 Å². The van der Waals surface area contributed by atoms with Gasteiger partial charge in [-0.1, -0.05) is 64.4 Å². The fourth-order valence-electron chi connectivity index (χ4n) is 2.58. The Labute approximate surface area is 143 Å². The average Bonchev–Trinajstić information content (AvgIpc) is 2.43. The minimum atomic E-state index is 0. The van der Waals surface area contributed by atoms with Gasteiger partial charge in [-0.05, 0) is 6.42 Å². The summed E-state index contributed by atoms with van der Waals surface area (Å²) in [6.07, 6.45) is 16.3. The number of rotatable bonds is 11. The van der Waals surface area contributed by atoms with Crippen molar-refractivity contribution >= 4 is 0 Å². The third kappa shape index (κ3) is 9.73. The van der Waals surface area contributed by atoms with Crippen molar-refractivity contribution in [3.05, 3.63) is 30.1 Å². The van der Waals surface area contributed by atoms with Crippen LogP contribution in [-0.4, -0.2) is 0 Å². The number of hydrogen-bond acceptors (Lipinski definition) is 0. The minimum Gasteiger partial charge on any atom is -1.00 e. The number of pyridine rings is 1. The molecule has 20 heavy (non-hydrogen) atoms. The first-order valence-electron chi connectivity index (χ1n) is 8.29. The predicted molar refractivity (Wildman–Crippen MR) is 83.2 cm³/mol. The van der Waals surface area contributed by atoms with E-state index in [1.54, 1.807) is 0 Å². The number of aryl methyl sites for hydroxylation is 2. The Balaban J connectivity index is 0.00000361. The van der Waals surface area contributed by atoms with E-state index in [9.17, 15) is 0 Å². The Kier molecular flexibility index (Phi) is 13.8. The summed E-state index contributed by atoms with van der Waals surface area (Å²) in [7, 11) is 0. The van der Waals surface area contributed by atoms with Crippen molar-refractivity contribution in [2.24, 2.45) is 0 Å². The van der Waals surface area contributed by atoms with Gasteiger partial charge in [0.15, 0.2) is 11.9 Å². The van der Waals surface area contributed by atoms with Gasteiger partial charge < -0.3 is 24.0 Å². The summed E-state index contributed by atoms with van der Waals surface area (Å²) in [5.41, 5.74) is 1.37. The van der Waals surface area contributed by atoms with Gasteiger partial charge in [0.1, 0.15) is 6.54 Å². The Hall–Kier alpha value is -0.120. The minimum absolute atomic E-state index is 0. The fraction of sp³-hybridized carbons (Fsp3) is 0.722. The lowest BCUT2D eigenvalue weighted by Crippen LogP contribution is -3.00. The van der Waals surface area contributed by atoms with Crippen molar-refractivity contribution in [2.45, 2.75) is 84.6 Å². The summed E-state index contributed by atoms with van der Waals surface area (Å²) in [6.45, 7) is 5.66. The molecule has 1 heterocycles. The molecule has 2 heteroatoms. The smallest absolute Gasteiger partial charge is 0.178 e. The molecule has 1 aromatic heterocycles. The van der Waals surface area contributed by atoms with E-state index in [1.807, 2.05) is 0 Å². The van der Waals surface area contributed by atoms with E-state index in [0.29, 0.717) is 0 Å². The molecule has 0 amide bonds. The molecule has 0 unspecified atom stereocenters. The second-order valence-electron chi connectivity index (χ2n) is 5.72. The monoisotopic (exact) mass is 389 g/mol. The molecule has 0 spiro atoms. The van der Waals surface area contributed by atoms with Gasteiger partial charge in [0, 0.05) is 25.5 Å². The summed E-state index contributed by atoms with van der Waals surface area (Å²) in [5, 5.41) is 0. The molecule has 1 nitrogen and oxygen atoms in total. The Morgan fingerprint density at radius 2 is 1.35 bits per heavy atom. The largest absolute Gasteiger partial charge is 1.00 e. The maximum Gasteiger partial charge on any atom is 0.178 e. The van der Waals surface area contributed by atoms with E-state index in [4.69, 9.17) is 0 Å². The van der Waals surface area contributed by atoms with E-state index in [0.717, 1.165) is 0 Å². The first-order chi connectivity index (χ1) is 9.34. The lowest BCUT2D eigenvalue weighted by atomic mass is 10.1. The van der Waals surface area contributed by atoms with Crippen molar-refractivity contribution in [1.29, 1.82) is 0 Å². The van der Waals surface area contributed by atoms with Crippen molar-refractivity contribution < 1.29 is 28.5 Å². The van der Waals surface area contributed by atoms with E-state index in [2.05, 4.69) is 42.8 Å². The second kappa shape index (κ2) is 13.8. The molecule has 0 radical (unpaired) electrons. The van der Waals surface area contributed by atoms with Crippen LogP contribution >= 0.6 is 0 Å². The molecule has 0 aliphatic carbocycles. The number of halogens is 1. The van der Waals surface area contributed by atoms with Gasteiger partial charge in [-0.15, -0.1) is 0 Å². The van der Waals surface area contributed by atoms with Crippen LogP contribution in [-0.2, 0) is 6.54 Å². The van der Waals surface area contributed by atoms with Crippen molar-refractivity contribution in [3.63, 3.8) is 0 Å². The van der Waals surface area contributed by atoms with Crippen molar-refractivity contribution in [2.75, 3.05) is 0 Å². The molecule has 0 N–H and O–H groups in total. The summed E-state index contributed by atoms with van der Waals surface area (Å²) in [5.74, 6) is 0. The third-order valence-corrected chi connectivity index (χ3v) is 3.92. The summed E-state index contributed by atoms with van der Waals surface area (Å²) in [4.78, 5) is 0. The highest BCUT2D eigenvalue weighted by atomic mass is 127. The highest BCUT2D eigenvalue weighted by molar-refractivity contribution is 4.93. The molecular weight excluding hydrogens is 357 g/mol. The molecule has 116 valence electrons. The third-order valence-electron chi connectivity index (χ3n) is 3.92. The van der Waals surface area contributed by atoms with Crippen LogP contribution in [0, 0.1) is 6.92 Å². The standard InChI is InChI=1S/C18H32N.HI/c1-3-4-5-6-7-8-9-10-11-13-16-19-17-14-12-15-18(19)2;/h12,14-15,17H,3-11,13,16H2,1-2H3;1H/q+1;/p-1. The maximum absolute atomic E-state index is 2.37. The zero-order chi connectivity index (χ0) is 13.8. The van der Waals surface area contributed by atoms with Gasteiger partial charge >= 0.3 is 0 Å². The molecule has 1 rings (SSSR count). The van der Waals surface area contributed by atoms with Crippen molar-refractivity contribution in [1.82, 2.24) is 0 Å². The molecular formula is C18H32IN. The SMILES string of the molecule is CCCCCCCCCCCC[n+]1ccccc1C.[I-]. The van der Waals surface area contributed by atoms with Crippen LogP contribution in [0.2, 0.25) is 0 Å². The second-order valence-corrected chi connectivity index (χ2v) is 5.72. The molecule has 0 aliphatic rings. The van der Waals surface area contributed by atoms with Crippen LogP contribution in [0.4, 0.5) is 0 Å². The van der Waals surface area contributed by atoms with Crippen LogP contribution in [0.3, 0.4) is 0 Å². The molecule has 0 aromatic carbocycles. The summed E-state index contributed by atoms with van der Waals surface area (Å²) in [6, 6.07) is 6.43. The van der Waals surface area contributed by atoms with Crippen LogP contribution in [0.5, 0.6) is 0 Å². The first kappa shape index (κ1) is 19.9. The lowest BCUT2D eigenvalue weighted by Gasteiger charge is -2.02. The zero-order valence-corrected chi connectivity index (χ0v) is 15.6. The molecule has 0 fully saturated rings. The van der Waals surface area contributed by atoms with Gasteiger partial charge in [0.25, 0.3) is 0 Å². The quantitative estimate of drug-likeness (QED) is 0.311. The van der Waals surface area contributed by atoms with Crippen LogP contribution < -0.4 is 28.5 Å². The summed E-state index contributed by atoms with van der Waals surface area (Å²) < 4.78 is 2.37. The fourth-order valence-corrected chi connectivity index (χ4v) is 2.58. The number of aromatic nitrogens is 1. The molecule has 0 atom stereocenters. The zero-order valence-electron chi connectivity index (χ0n) is 13.4. The molecule has 0 saturated carbocycles. The Morgan fingerprint density at radius 1 is 0.800 bits per heavy atom. The van der Waals surface area contributed by atoms with Gasteiger partial charge in [-0.2, -0.15) is 0 Å².